The fourth-order valence-electron chi connectivity index (χ4n) is 2.57. The minimum Gasteiger partial charge on any atom is -0.103 e. The maximum atomic E-state index is 3.70. The van der Waals surface area contributed by atoms with Crippen LogP contribution in [0.15, 0.2) is 61.2 Å². The van der Waals surface area contributed by atoms with E-state index in [0.29, 0.717) is 0 Å². The molecule has 0 heterocycles. The molecule has 0 unspecified atom stereocenters. The summed E-state index contributed by atoms with van der Waals surface area (Å²) in [5.74, 6) is 0. The quantitative estimate of drug-likeness (QED) is 0.289. The van der Waals surface area contributed by atoms with Gasteiger partial charge in [-0.15, -0.1) is 6.58 Å². The van der Waals surface area contributed by atoms with Crippen LogP contribution in [0.3, 0.4) is 0 Å². The van der Waals surface area contributed by atoms with Crippen LogP contribution in [0.5, 0.6) is 0 Å². The van der Waals surface area contributed by atoms with Crippen molar-refractivity contribution >= 4 is 0 Å². The van der Waals surface area contributed by atoms with Crippen LogP contribution >= 0.6 is 0 Å². The second kappa shape index (κ2) is 13.1. The van der Waals surface area contributed by atoms with Gasteiger partial charge in [-0.3, -0.25) is 0 Å². The Kier molecular flexibility index (Phi) is 11.0. The second-order valence-corrected chi connectivity index (χ2v) is 6.00. The van der Waals surface area contributed by atoms with Crippen LogP contribution in [0.1, 0.15) is 62.5 Å². The van der Waals surface area contributed by atoms with E-state index < -0.39 is 0 Å². The van der Waals surface area contributed by atoms with E-state index in [1.165, 1.54) is 56.1 Å². The number of hydrogen-bond donors (Lipinski definition) is 0. The van der Waals surface area contributed by atoms with Gasteiger partial charge in [0, 0.05) is 0 Å². The van der Waals surface area contributed by atoms with Crippen molar-refractivity contribution in [2.45, 2.75) is 64.7 Å². The SMILES string of the molecule is C=CC/C=C/C/C=C/CCCCCCCc1cccc(C)c1. The van der Waals surface area contributed by atoms with Gasteiger partial charge >= 0.3 is 0 Å². The lowest BCUT2D eigenvalue weighted by Gasteiger charge is -2.03. The third-order valence-electron chi connectivity index (χ3n) is 3.83. The molecule has 0 aromatic heterocycles. The molecular formula is C22H32. The van der Waals surface area contributed by atoms with E-state index in [0.717, 1.165) is 12.8 Å². The number of allylic oxidation sites excluding steroid dienone is 5. The van der Waals surface area contributed by atoms with Crippen LogP contribution < -0.4 is 0 Å². The molecule has 0 atom stereocenters. The van der Waals surface area contributed by atoms with Crippen molar-refractivity contribution in [2.24, 2.45) is 0 Å². The Morgan fingerprint density at radius 2 is 1.59 bits per heavy atom. The molecule has 0 aliphatic rings. The lowest BCUT2D eigenvalue weighted by atomic mass is 10.0. The summed E-state index contributed by atoms with van der Waals surface area (Å²) in [4.78, 5) is 0. The average Bonchev–Trinajstić information content (AvgIpc) is 2.52. The van der Waals surface area contributed by atoms with Gasteiger partial charge in [0.15, 0.2) is 0 Å². The first-order valence-electron chi connectivity index (χ1n) is 8.79. The number of hydrogen-bond acceptors (Lipinski definition) is 0. The molecule has 0 heteroatoms. The minimum atomic E-state index is 0.983. The number of unbranched alkanes of at least 4 members (excludes halogenated alkanes) is 5. The van der Waals surface area contributed by atoms with Crippen molar-refractivity contribution in [2.75, 3.05) is 0 Å². The molecule has 1 aromatic rings. The molecule has 0 aliphatic carbocycles. The summed E-state index contributed by atoms with van der Waals surface area (Å²) in [5, 5.41) is 0. The molecule has 0 fully saturated rings. The van der Waals surface area contributed by atoms with Crippen molar-refractivity contribution < 1.29 is 0 Å². The van der Waals surface area contributed by atoms with Gasteiger partial charge in [-0.1, -0.05) is 79.5 Å². The maximum absolute atomic E-state index is 3.70. The Bertz CT molecular complexity index is 451. The van der Waals surface area contributed by atoms with Gasteiger partial charge in [-0.05, 0) is 51.0 Å². The van der Waals surface area contributed by atoms with Gasteiger partial charge in [0.05, 0.1) is 0 Å². The third-order valence-corrected chi connectivity index (χ3v) is 3.83. The zero-order chi connectivity index (χ0) is 15.9. The lowest BCUT2D eigenvalue weighted by molar-refractivity contribution is 0.617. The van der Waals surface area contributed by atoms with Crippen molar-refractivity contribution in [1.29, 1.82) is 0 Å². The highest BCUT2D eigenvalue weighted by Gasteiger charge is 1.94. The molecule has 0 saturated heterocycles. The third kappa shape index (κ3) is 10.2. The normalized spacial score (nSPS) is 11.5. The molecule has 0 aliphatic heterocycles. The van der Waals surface area contributed by atoms with E-state index in [2.05, 4.69) is 62.1 Å². The first kappa shape index (κ1) is 18.5. The van der Waals surface area contributed by atoms with Gasteiger partial charge in [0.1, 0.15) is 0 Å². The number of rotatable bonds is 12. The molecule has 0 amide bonds. The molecule has 0 radical (unpaired) electrons. The minimum absolute atomic E-state index is 0.983. The van der Waals surface area contributed by atoms with Crippen LogP contribution in [0, 0.1) is 6.92 Å². The van der Waals surface area contributed by atoms with E-state index >= 15 is 0 Å². The molecule has 0 spiro atoms. The van der Waals surface area contributed by atoms with Crippen LogP contribution in [0.25, 0.3) is 0 Å². The predicted octanol–water partition coefficient (Wildman–Crippen LogP) is 6.96. The van der Waals surface area contributed by atoms with E-state index in [1.807, 2.05) is 6.08 Å². The average molecular weight is 296 g/mol. The second-order valence-electron chi connectivity index (χ2n) is 6.00. The van der Waals surface area contributed by atoms with Crippen LogP contribution in [-0.2, 0) is 6.42 Å². The van der Waals surface area contributed by atoms with Crippen LogP contribution in [-0.4, -0.2) is 0 Å². The maximum Gasteiger partial charge on any atom is -0.0169 e. The highest BCUT2D eigenvalue weighted by molar-refractivity contribution is 5.22. The fourth-order valence-corrected chi connectivity index (χ4v) is 2.57. The first-order valence-corrected chi connectivity index (χ1v) is 8.79. The Labute approximate surface area is 137 Å². The molecule has 0 saturated carbocycles. The molecule has 0 N–H and O–H groups in total. The predicted molar refractivity (Wildman–Crippen MR) is 100 cm³/mol. The zero-order valence-electron chi connectivity index (χ0n) is 14.3. The Morgan fingerprint density at radius 3 is 2.41 bits per heavy atom. The van der Waals surface area contributed by atoms with Gasteiger partial charge in [-0.25, -0.2) is 0 Å². The number of benzene rings is 1. The monoisotopic (exact) mass is 296 g/mol. The highest BCUT2D eigenvalue weighted by atomic mass is 14.0. The highest BCUT2D eigenvalue weighted by Crippen LogP contribution is 2.11. The summed E-state index contributed by atoms with van der Waals surface area (Å²) < 4.78 is 0. The molecule has 1 aromatic carbocycles. The van der Waals surface area contributed by atoms with Crippen molar-refractivity contribution in [1.82, 2.24) is 0 Å². The van der Waals surface area contributed by atoms with Crippen molar-refractivity contribution in [3.8, 4) is 0 Å². The lowest BCUT2D eigenvalue weighted by Crippen LogP contribution is -1.87. The molecule has 0 nitrogen and oxygen atoms in total. The van der Waals surface area contributed by atoms with Gasteiger partial charge < -0.3 is 0 Å². The Morgan fingerprint density at radius 1 is 0.864 bits per heavy atom. The number of aryl methyl sites for hydroxylation is 2. The summed E-state index contributed by atoms with van der Waals surface area (Å²) in [6.45, 7) is 5.87. The first-order chi connectivity index (χ1) is 10.8. The van der Waals surface area contributed by atoms with Crippen molar-refractivity contribution in [3.63, 3.8) is 0 Å². The zero-order valence-corrected chi connectivity index (χ0v) is 14.3. The molecule has 0 bridgehead atoms. The van der Waals surface area contributed by atoms with Crippen LogP contribution in [0.4, 0.5) is 0 Å². The van der Waals surface area contributed by atoms with Gasteiger partial charge in [0.2, 0.25) is 0 Å². The van der Waals surface area contributed by atoms with Gasteiger partial charge in [0.25, 0.3) is 0 Å². The molecular weight excluding hydrogens is 264 g/mol. The largest absolute Gasteiger partial charge is 0.103 e. The fraction of sp³-hybridized carbons (Fsp3) is 0.455. The topological polar surface area (TPSA) is 0 Å². The smallest absolute Gasteiger partial charge is 0.0169 e. The molecule has 22 heavy (non-hydrogen) atoms. The van der Waals surface area contributed by atoms with Crippen molar-refractivity contribution in [3.05, 3.63) is 72.4 Å². The standard InChI is InChI=1S/C22H32/c1-3-4-5-6-7-8-9-10-11-12-13-14-15-18-22-19-16-17-21(2)20-22/h3,5-6,8-9,16-17,19-20H,1,4,7,10-15,18H2,2H3/b6-5+,9-8+. The van der Waals surface area contributed by atoms with Gasteiger partial charge in [-0.2, -0.15) is 0 Å². The molecule has 120 valence electrons. The summed E-state index contributed by atoms with van der Waals surface area (Å²) >= 11 is 0. The Hall–Kier alpha value is -1.56. The van der Waals surface area contributed by atoms with E-state index in [-0.39, 0.29) is 0 Å². The van der Waals surface area contributed by atoms with Crippen LogP contribution in [0.2, 0.25) is 0 Å². The Balaban J connectivity index is 1.91. The van der Waals surface area contributed by atoms with E-state index in [9.17, 15) is 0 Å². The van der Waals surface area contributed by atoms with E-state index in [4.69, 9.17) is 0 Å². The molecule has 1 rings (SSSR count). The van der Waals surface area contributed by atoms with E-state index in [1.54, 1.807) is 0 Å². The summed E-state index contributed by atoms with van der Waals surface area (Å²) in [5.41, 5.74) is 2.87. The summed E-state index contributed by atoms with van der Waals surface area (Å²) in [6, 6.07) is 8.91. The summed E-state index contributed by atoms with van der Waals surface area (Å²) in [7, 11) is 0. The summed E-state index contributed by atoms with van der Waals surface area (Å²) in [6.07, 6.45) is 22.2.